The molecule has 0 aliphatic heterocycles. The first-order chi connectivity index (χ1) is 11.2. The zero-order chi connectivity index (χ0) is 16.1. The Hall–Kier alpha value is -2.29. The summed E-state index contributed by atoms with van der Waals surface area (Å²) in [4.78, 5) is 12.2. The van der Waals surface area contributed by atoms with Crippen LogP contribution < -0.4 is 10.1 Å². The van der Waals surface area contributed by atoms with Crippen LogP contribution >= 0.6 is 0 Å². The Kier molecular flexibility index (Phi) is 4.96. The third-order valence-electron chi connectivity index (χ3n) is 4.23. The molecule has 1 N–H and O–H groups in total. The third-order valence-corrected chi connectivity index (χ3v) is 4.23. The molecule has 23 heavy (non-hydrogen) atoms. The van der Waals surface area contributed by atoms with Crippen molar-refractivity contribution in [1.82, 2.24) is 0 Å². The van der Waals surface area contributed by atoms with E-state index in [0.29, 0.717) is 13.0 Å². The van der Waals surface area contributed by atoms with Crippen LogP contribution in [0.5, 0.6) is 5.75 Å². The number of ether oxygens (including phenoxy) is 1. The lowest BCUT2D eigenvalue weighted by Gasteiger charge is -2.16. The average Bonchev–Trinajstić information content (AvgIpc) is 2.57. The topological polar surface area (TPSA) is 38.3 Å². The van der Waals surface area contributed by atoms with E-state index in [4.69, 9.17) is 4.74 Å². The van der Waals surface area contributed by atoms with Crippen LogP contribution in [-0.4, -0.2) is 12.5 Å². The van der Waals surface area contributed by atoms with E-state index in [1.165, 1.54) is 30.4 Å². The van der Waals surface area contributed by atoms with Gasteiger partial charge in [-0.25, -0.2) is 0 Å². The smallest absolute Gasteiger partial charge is 0.228 e. The van der Waals surface area contributed by atoms with Crippen molar-refractivity contribution in [1.29, 1.82) is 0 Å². The van der Waals surface area contributed by atoms with E-state index in [1.807, 2.05) is 31.2 Å². The largest absolute Gasteiger partial charge is 0.494 e. The molecule has 2 aromatic carbocycles. The van der Waals surface area contributed by atoms with Crippen molar-refractivity contribution in [3.05, 3.63) is 59.2 Å². The van der Waals surface area contributed by atoms with Crippen molar-refractivity contribution < 1.29 is 9.53 Å². The van der Waals surface area contributed by atoms with Crippen molar-refractivity contribution in [2.45, 2.75) is 39.0 Å². The summed E-state index contributed by atoms with van der Waals surface area (Å²) >= 11 is 0. The highest BCUT2D eigenvalue weighted by Gasteiger charge is 2.11. The summed E-state index contributed by atoms with van der Waals surface area (Å²) < 4.78 is 5.40. The van der Waals surface area contributed by atoms with Gasteiger partial charge in [-0.15, -0.1) is 0 Å². The Balaban J connectivity index is 1.60. The second-order valence-corrected chi connectivity index (χ2v) is 5.99. The number of carbonyl (C=O) groups excluding carboxylic acids is 1. The van der Waals surface area contributed by atoms with Gasteiger partial charge >= 0.3 is 0 Å². The van der Waals surface area contributed by atoms with Crippen molar-refractivity contribution in [3.8, 4) is 5.75 Å². The molecule has 0 aromatic heterocycles. The van der Waals surface area contributed by atoms with Crippen molar-refractivity contribution >= 4 is 11.6 Å². The van der Waals surface area contributed by atoms with Gasteiger partial charge in [0.15, 0.2) is 0 Å². The molecule has 3 rings (SSSR count). The summed E-state index contributed by atoms with van der Waals surface area (Å²) in [5.41, 5.74) is 4.76. The van der Waals surface area contributed by atoms with Crippen molar-refractivity contribution in [2.24, 2.45) is 0 Å². The minimum Gasteiger partial charge on any atom is -0.494 e. The number of carbonyl (C=O) groups is 1. The molecule has 0 unspecified atom stereocenters. The number of hydrogen-bond acceptors (Lipinski definition) is 2. The lowest BCUT2D eigenvalue weighted by atomic mass is 9.90. The fourth-order valence-corrected chi connectivity index (χ4v) is 3.09. The Morgan fingerprint density at radius 1 is 1.04 bits per heavy atom. The van der Waals surface area contributed by atoms with Crippen LogP contribution in [0.2, 0.25) is 0 Å². The Labute approximate surface area is 137 Å². The van der Waals surface area contributed by atoms with Crippen molar-refractivity contribution in [2.75, 3.05) is 11.9 Å². The zero-order valence-corrected chi connectivity index (χ0v) is 13.6. The van der Waals surface area contributed by atoms with Gasteiger partial charge in [-0.2, -0.15) is 0 Å². The van der Waals surface area contributed by atoms with Crippen LogP contribution in [-0.2, 0) is 24.1 Å². The molecule has 120 valence electrons. The molecule has 0 atom stereocenters. The van der Waals surface area contributed by atoms with E-state index in [9.17, 15) is 4.79 Å². The number of nitrogens with one attached hydrogen (secondary N) is 1. The minimum absolute atomic E-state index is 0.0184. The molecule has 1 aliphatic rings. The Morgan fingerprint density at radius 3 is 2.52 bits per heavy atom. The molecule has 0 bridgehead atoms. The standard InChI is InChI=1S/C20H23NO2/c1-2-23-19-11-9-18(10-12-19)21-20(22)14-15-7-8-16-5-3-4-6-17(16)13-15/h7-13H,2-6,14H2,1H3,(H,21,22). The molecule has 0 heterocycles. The molecule has 1 amide bonds. The Bertz CT molecular complexity index is 677. The van der Waals surface area contributed by atoms with Gasteiger partial charge in [0.2, 0.25) is 5.91 Å². The lowest BCUT2D eigenvalue weighted by molar-refractivity contribution is -0.115. The van der Waals surface area contributed by atoms with Crippen LogP contribution in [0, 0.1) is 0 Å². The predicted octanol–water partition coefficient (Wildman–Crippen LogP) is 4.15. The summed E-state index contributed by atoms with van der Waals surface area (Å²) in [6, 6.07) is 14.0. The van der Waals surface area contributed by atoms with Gasteiger partial charge in [-0.05, 0) is 73.6 Å². The molecule has 1 aliphatic carbocycles. The second kappa shape index (κ2) is 7.32. The molecule has 0 fully saturated rings. The number of fused-ring (bicyclic) bond motifs is 1. The highest BCUT2D eigenvalue weighted by molar-refractivity contribution is 5.92. The second-order valence-electron chi connectivity index (χ2n) is 5.99. The zero-order valence-electron chi connectivity index (χ0n) is 13.6. The normalized spacial score (nSPS) is 13.3. The predicted molar refractivity (Wildman–Crippen MR) is 93.0 cm³/mol. The third kappa shape index (κ3) is 4.13. The van der Waals surface area contributed by atoms with E-state index < -0.39 is 0 Å². The summed E-state index contributed by atoms with van der Waals surface area (Å²) in [6.07, 6.45) is 5.28. The number of hydrogen-bond donors (Lipinski definition) is 1. The number of rotatable bonds is 5. The first-order valence-electron chi connectivity index (χ1n) is 8.38. The minimum atomic E-state index is 0.0184. The molecule has 0 spiro atoms. The van der Waals surface area contributed by atoms with Crippen LogP contribution in [0.4, 0.5) is 5.69 Å². The van der Waals surface area contributed by atoms with E-state index in [2.05, 4.69) is 23.5 Å². The molecule has 3 heteroatoms. The lowest BCUT2D eigenvalue weighted by Crippen LogP contribution is -2.15. The van der Waals surface area contributed by atoms with Crippen LogP contribution in [0.15, 0.2) is 42.5 Å². The number of amides is 1. The first-order valence-corrected chi connectivity index (χ1v) is 8.38. The maximum Gasteiger partial charge on any atom is 0.228 e. The highest BCUT2D eigenvalue weighted by atomic mass is 16.5. The fraction of sp³-hybridized carbons (Fsp3) is 0.350. The van der Waals surface area contributed by atoms with Gasteiger partial charge in [0, 0.05) is 5.69 Å². The SMILES string of the molecule is CCOc1ccc(NC(=O)Cc2ccc3c(c2)CCCC3)cc1. The highest BCUT2D eigenvalue weighted by Crippen LogP contribution is 2.22. The van der Waals surface area contributed by atoms with Gasteiger partial charge in [0.25, 0.3) is 0 Å². The van der Waals surface area contributed by atoms with Gasteiger partial charge in [0.1, 0.15) is 5.75 Å². The quantitative estimate of drug-likeness (QED) is 0.901. The van der Waals surface area contributed by atoms with E-state index in [-0.39, 0.29) is 5.91 Å². The van der Waals surface area contributed by atoms with Gasteiger partial charge < -0.3 is 10.1 Å². The monoisotopic (exact) mass is 309 g/mol. The average molecular weight is 309 g/mol. The molecular weight excluding hydrogens is 286 g/mol. The maximum atomic E-state index is 12.2. The van der Waals surface area contributed by atoms with Gasteiger partial charge in [-0.3, -0.25) is 4.79 Å². The number of benzene rings is 2. The molecule has 0 saturated heterocycles. The fourth-order valence-electron chi connectivity index (χ4n) is 3.09. The Morgan fingerprint density at radius 2 is 1.78 bits per heavy atom. The van der Waals surface area contributed by atoms with Crippen molar-refractivity contribution in [3.63, 3.8) is 0 Å². The van der Waals surface area contributed by atoms with E-state index >= 15 is 0 Å². The maximum absolute atomic E-state index is 12.2. The molecule has 0 radical (unpaired) electrons. The summed E-state index contributed by atoms with van der Waals surface area (Å²) in [6.45, 7) is 2.60. The summed E-state index contributed by atoms with van der Waals surface area (Å²) in [5, 5.41) is 2.95. The summed E-state index contributed by atoms with van der Waals surface area (Å²) in [7, 11) is 0. The van der Waals surface area contributed by atoms with Crippen LogP contribution in [0.1, 0.15) is 36.5 Å². The number of anilines is 1. The summed E-state index contributed by atoms with van der Waals surface area (Å²) in [5.74, 6) is 0.838. The van der Waals surface area contributed by atoms with Gasteiger partial charge in [0.05, 0.1) is 13.0 Å². The first kappa shape index (κ1) is 15.6. The van der Waals surface area contributed by atoms with E-state index in [0.717, 1.165) is 23.4 Å². The molecular formula is C20H23NO2. The number of aryl methyl sites for hydroxylation is 2. The molecule has 0 saturated carbocycles. The van der Waals surface area contributed by atoms with E-state index in [1.54, 1.807) is 0 Å². The molecule has 2 aromatic rings. The van der Waals surface area contributed by atoms with Gasteiger partial charge in [-0.1, -0.05) is 18.2 Å². The van der Waals surface area contributed by atoms with Crippen LogP contribution in [0.25, 0.3) is 0 Å². The van der Waals surface area contributed by atoms with Crippen LogP contribution in [0.3, 0.4) is 0 Å². The molecule has 3 nitrogen and oxygen atoms in total.